The van der Waals surface area contributed by atoms with Crippen LogP contribution in [0, 0.1) is 0 Å². The maximum atomic E-state index is 11.9. The Kier molecular flexibility index (Phi) is 6.50. The second kappa shape index (κ2) is 10.2. The van der Waals surface area contributed by atoms with E-state index in [0.29, 0.717) is 6.04 Å². The number of carbonyl (C=O) groups is 1. The van der Waals surface area contributed by atoms with Crippen molar-refractivity contribution < 1.29 is 9.90 Å². The minimum Gasteiger partial charge on any atom is -0.465 e. The Morgan fingerprint density at radius 1 is 0.795 bits per heavy atom. The van der Waals surface area contributed by atoms with E-state index in [4.69, 9.17) is 4.98 Å². The first kappa shape index (κ1) is 24.9. The van der Waals surface area contributed by atoms with Crippen LogP contribution in [0.3, 0.4) is 0 Å². The fourth-order valence-corrected chi connectivity index (χ4v) is 8.39. The zero-order valence-electron chi connectivity index (χ0n) is 22.9. The molecule has 206 valence electrons. The van der Waals surface area contributed by atoms with Gasteiger partial charge in [0.1, 0.15) is 0 Å². The van der Waals surface area contributed by atoms with Gasteiger partial charge in [-0.05, 0) is 56.2 Å². The van der Waals surface area contributed by atoms with Crippen molar-refractivity contribution in [1.82, 2.24) is 19.4 Å². The fraction of sp³-hybridized carbons (Fsp3) is 0.562. The van der Waals surface area contributed by atoms with E-state index in [-0.39, 0.29) is 17.6 Å². The van der Waals surface area contributed by atoms with Crippen molar-refractivity contribution in [3.05, 3.63) is 60.2 Å². The van der Waals surface area contributed by atoms with Crippen LogP contribution < -0.4 is 4.90 Å². The molecule has 2 bridgehead atoms. The lowest BCUT2D eigenvalue weighted by atomic mass is 9.79. The van der Waals surface area contributed by atoms with Crippen molar-refractivity contribution in [2.45, 2.75) is 87.9 Å². The Balaban J connectivity index is 1.17. The van der Waals surface area contributed by atoms with Crippen LogP contribution in [0.4, 0.5) is 10.7 Å². The van der Waals surface area contributed by atoms with E-state index in [1.165, 1.54) is 49.6 Å². The third-order valence-corrected chi connectivity index (χ3v) is 10.2. The lowest BCUT2D eigenvalue weighted by Crippen LogP contribution is -2.56. The standard InChI is InChI=1S/C32H41N5O2/c38-31(39)36-26-14-15-27(36)23-34(22-26)30-33-28-12-6-7-13-29(28)37(30)25-16-20-35(21-17-25)32(18-8-1-2-9-19-32)24-10-4-3-5-11-24/h3-7,10-13,25-27H,1-2,8-9,14-23H2,(H,38,39). The molecule has 2 atom stereocenters. The van der Waals surface area contributed by atoms with Gasteiger partial charge < -0.3 is 14.6 Å². The number of anilines is 1. The fourth-order valence-electron chi connectivity index (χ4n) is 8.39. The number of likely N-dealkylation sites (tertiary alicyclic amines) is 1. The number of para-hydroxylation sites is 2. The number of nitrogens with zero attached hydrogens (tertiary/aromatic N) is 5. The number of imidazole rings is 1. The summed E-state index contributed by atoms with van der Waals surface area (Å²) < 4.78 is 2.52. The molecule has 1 amide bonds. The molecule has 0 spiro atoms. The summed E-state index contributed by atoms with van der Waals surface area (Å²) in [6, 6.07) is 20.4. The Hall–Kier alpha value is -3.06. The minimum atomic E-state index is -0.770. The van der Waals surface area contributed by atoms with Crippen molar-refractivity contribution in [2.75, 3.05) is 31.1 Å². The highest BCUT2D eigenvalue weighted by Gasteiger charge is 2.45. The third-order valence-electron chi connectivity index (χ3n) is 10.2. The zero-order chi connectivity index (χ0) is 26.4. The van der Waals surface area contributed by atoms with Crippen molar-refractivity contribution in [1.29, 1.82) is 0 Å². The van der Waals surface area contributed by atoms with E-state index >= 15 is 0 Å². The summed E-state index contributed by atoms with van der Waals surface area (Å²) in [7, 11) is 0. The molecule has 4 aliphatic rings. The van der Waals surface area contributed by atoms with Gasteiger partial charge in [-0.25, -0.2) is 9.78 Å². The average Bonchev–Trinajstić information content (AvgIpc) is 3.36. The van der Waals surface area contributed by atoms with E-state index in [9.17, 15) is 9.90 Å². The lowest BCUT2D eigenvalue weighted by molar-refractivity contribution is 0.0360. The lowest BCUT2D eigenvalue weighted by Gasteiger charge is -2.48. The first-order chi connectivity index (χ1) is 19.1. The van der Waals surface area contributed by atoms with Gasteiger partial charge in [0.25, 0.3) is 0 Å². The summed E-state index contributed by atoms with van der Waals surface area (Å²) in [5, 5.41) is 9.78. The van der Waals surface area contributed by atoms with E-state index in [0.717, 1.165) is 63.3 Å². The number of piperidine rings is 1. The number of fused-ring (bicyclic) bond motifs is 3. The molecule has 2 aromatic carbocycles. The van der Waals surface area contributed by atoms with Crippen molar-refractivity contribution in [3.63, 3.8) is 0 Å². The molecule has 1 aromatic heterocycles. The molecule has 3 aliphatic heterocycles. The number of carboxylic acid groups (broad SMARTS) is 1. The molecule has 7 heteroatoms. The molecule has 3 saturated heterocycles. The molecule has 3 aromatic rings. The average molecular weight is 528 g/mol. The van der Waals surface area contributed by atoms with Gasteiger partial charge in [0.15, 0.2) is 0 Å². The molecule has 7 rings (SSSR count). The smallest absolute Gasteiger partial charge is 0.407 e. The monoisotopic (exact) mass is 527 g/mol. The second-order valence-electron chi connectivity index (χ2n) is 12.3. The number of aromatic nitrogens is 2. The maximum absolute atomic E-state index is 11.9. The predicted octanol–water partition coefficient (Wildman–Crippen LogP) is 6.25. The zero-order valence-corrected chi connectivity index (χ0v) is 22.9. The highest BCUT2D eigenvalue weighted by atomic mass is 16.4. The first-order valence-electron chi connectivity index (χ1n) is 15.2. The molecular formula is C32H41N5O2. The molecule has 4 fully saturated rings. The van der Waals surface area contributed by atoms with Gasteiger partial charge in [0.05, 0.1) is 23.1 Å². The first-order valence-corrected chi connectivity index (χ1v) is 15.2. The SMILES string of the molecule is O=C(O)N1C2CCC1CN(c1nc3ccccc3n1C1CCN(C3(c4ccccc4)CCCCCC3)CC1)C2. The van der Waals surface area contributed by atoms with E-state index in [1.807, 2.05) is 0 Å². The topological polar surface area (TPSA) is 64.8 Å². The normalized spacial score (nSPS) is 26.2. The van der Waals surface area contributed by atoms with Crippen molar-refractivity contribution >= 4 is 23.1 Å². The van der Waals surface area contributed by atoms with E-state index in [2.05, 4.69) is 69.0 Å². The van der Waals surface area contributed by atoms with Gasteiger partial charge in [0.2, 0.25) is 5.95 Å². The summed E-state index contributed by atoms with van der Waals surface area (Å²) in [5.74, 6) is 1.05. The molecule has 7 nitrogen and oxygen atoms in total. The van der Waals surface area contributed by atoms with Crippen LogP contribution in [0.1, 0.15) is 75.8 Å². The Morgan fingerprint density at radius 3 is 2.10 bits per heavy atom. The molecule has 4 heterocycles. The van der Waals surface area contributed by atoms with Crippen molar-refractivity contribution in [3.8, 4) is 0 Å². The van der Waals surface area contributed by atoms with Crippen molar-refractivity contribution in [2.24, 2.45) is 0 Å². The molecule has 1 N–H and O–H groups in total. The van der Waals surface area contributed by atoms with Gasteiger partial charge in [-0.3, -0.25) is 9.80 Å². The van der Waals surface area contributed by atoms with Crippen LogP contribution in [0.15, 0.2) is 54.6 Å². The third kappa shape index (κ3) is 4.30. The van der Waals surface area contributed by atoms with Crippen LogP contribution in [0.5, 0.6) is 0 Å². The van der Waals surface area contributed by atoms with Gasteiger partial charge in [-0.1, -0.05) is 68.1 Å². The maximum Gasteiger partial charge on any atom is 0.407 e. The number of amides is 1. The largest absolute Gasteiger partial charge is 0.465 e. The predicted molar refractivity (Wildman–Crippen MR) is 154 cm³/mol. The molecular weight excluding hydrogens is 486 g/mol. The Labute approximate surface area is 231 Å². The summed E-state index contributed by atoms with van der Waals surface area (Å²) in [6.07, 6.45) is 11.2. The number of piperazine rings is 1. The van der Waals surface area contributed by atoms with E-state index < -0.39 is 6.09 Å². The van der Waals surface area contributed by atoms with E-state index in [1.54, 1.807) is 4.90 Å². The number of benzene rings is 2. The molecule has 2 unspecified atom stereocenters. The van der Waals surface area contributed by atoms with Gasteiger partial charge in [-0.15, -0.1) is 0 Å². The highest BCUT2D eigenvalue weighted by Crippen LogP contribution is 2.45. The molecule has 39 heavy (non-hydrogen) atoms. The van der Waals surface area contributed by atoms with Gasteiger partial charge >= 0.3 is 6.09 Å². The highest BCUT2D eigenvalue weighted by molar-refractivity contribution is 5.79. The van der Waals surface area contributed by atoms with Crippen LogP contribution in [-0.4, -0.2) is 68.8 Å². The summed E-state index contributed by atoms with van der Waals surface area (Å²) in [5.41, 5.74) is 3.93. The van der Waals surface area contributed by atoms with Crippen LogP contribution in [0.25, 0.3) is 11.0 Å². The van der Waals surface area contributed by atoms with Gasteiger partial charge in [-0.2, -0.15) is 0 Å². The minimum absolute atomic E-state index is 0.0670. The van der Waals surface area contributed by atoms with Crippen LogP contribution in [-0.2, 0) is 5.54 Å². The summed E-state index contributed by atoms with van der Waals surface area (Å²) in [6.45, 7) is 3.68. The van der Waals surface area contributed by atoms with Crippen LogP contribution in [0.2, 0.25) is 0 Å². The van der Waals surface area contributed by atoms with Crippen LogP contribution >= 0.6 is 0 Å². The summed E-state index contributed by atoms with van der Waals surface area (Å²) >= 11 is 0. The second-order valence-corrected chi connectivity index (χ2v) is 12.3. The summed E-state index contributed by atoms with van der Waals surface area (Å²) in [4.78, 5) is 24.0. The molecule has 1 aliphatic carbocycles. The Bertz CT molecular complexity index is 1290. The molecule has 0 radical (unpaired) electrons. The number of hydrogen-bond donors (Lipinski definition) is 1. The quantitative estimate of drug-likeness (QED) is 0.406. The Morgan fingerprint density at radius 2 is 1.44 bits per heavy atom. The molecule has 1 saturated carbocycles. The number of hydrogen-bond acceptors (Lipinski definition) is 4. The van der Waals surface area contributed by atoms with Gasteiger partial charge in [0, 0.05) is 37.8 Å². The number of rotatable bonds is 4.